The summed E-state index contributed by atoms with van der Waals surface area (Å²) in [6.45, 7) is 4.77. The van der Waals surface area contributed by atoms with Crippen LogP contribution in [0.2, 0.25) is 0 Å². The second-order valence-corrected chi connectivity index (χ2v) is 3.21. The van der Waals surface area contributed by atoms with Crippen LogP contribution >= 0.6 is 11.6 Å². The Morgan fingerprint density at radius 2 is 2.00 bits per heavy atom. The maximum Gasteiger partial charge on any atom is 0.111 e. The molecule has 1 aliphatic heterocycles. The largest absolute Gasteiger partial charge is 0.390 e. The highest BCUT2D eigenvalue weighted by Gasteiger charge is 2.21. The van der Waals surface area contributed by atoms with Gasteiger partial charge in [0.25, 0.3) is 0 Å². The smallest absolute Gasteiger partial charge is 0.111 e. The lowest BCUT2D eigenvalue weighted by atomic mass is 10.3. The van der Waals surface area contributed by atoms with Crippen molar-refractivity contribution in [3.05, 3.63) is 0 Å². The van der Waals surface area contributed by atoms with Crippen LogP contribution in [0.25, 0.3) is 0 Å². The number of ether oxygens (including phenoxy) is 1. The van der Waals surface area contributed by atoms with E-state index in [9.17, 15) is 0 Å². The molecule has 0 bridgehead atoms. The van der Waals surface area contributed by atoms with E-state index in [1.165, 1.54) is 0 Å². The fraction of sp³-hybridized carbons (Fsp3) is 1.00. The Morgan fingerprint density at radius 3 is 2.45 bits per heavy atom. The number of alkyl halides is 1. The molecule has 1 aliphatic rings. The molecule has 0 aromatic rings. The van der Waals surface area contributed by atoms with Gasteiger partial charge in [-0.1, -0.05) is 0 Å². The Kier molecular flexibility index (Phi) is 3.59. The summed E-state index contributed by atoms with van der Waals surface area (Å²) < 4.78 is 5.15. The average molecular weight is 180 g/mol. The molecule has 1 heterocycles. The van der Waals surface area contributed by atoms with Crippen LogP contribution in [0.15, 0.2) is 0 Å². The van der Waals surface area contributed by atoms with E-state index in [-0.39, 0.29) is 5.50 Å². The van der Waals surface area contributed by atoms with Gasteiger partial charge < -0.3 is 9.84 Å². The number of aliphatic hydroxyl groups is 1. The summed E-state index contributed by atoms with van der Waals surface area (Å²) in [7, 11) is 0. The molecule has 2 atom stereocenters. The predicted octanol–water partition coefficient (Wildman–Crippen LogP) is 0.264. The SMILES string of the molecule is CC(O)C(Cl)N1CCOCC1. The molecule has 4 heteroatoms. The van der Waals surface area contributed by atoms with Crippen molar-refractivity contribution in [1.82, 2.24) is 4.90 Å². The molecule has 0 saturated carbocycles. The van der Waals surface area contributed by atoms with E-state index >= 15 is 0 Å². The van der Waals surface area contributed by atoms with Gasteiger partial charge in [-0.3, -0.25) is 4.90 Å². The average Bonchev–Trinajstić information content (AvgIpc) is 2.05. The third kappa shape index (κ3) is 2.60. The molecule has 1 fully saturated rings. The van der Waals surface area contributed by atoms with Gasteiger partial charge in [-0.05, 0) is 6.92 Å². The molecular formula is C7H14ClNO2. The van der Waals surface area contributed by atoms with Crippen LogP contribution in [-0.4, -0.2) is 47.9 Å². The maximum absolute atomic E-state index is 9.16. The van der Waals surface area contributed by atoms with Gasteiger partial charge in [0.2, 0.25) is 0 Å². The van der Waals surface area contributed by atoms with Gasteiger partial charge in [-0.2, -0.15) is 0 Å². The van der Waals surface area contributed by atoms with Crippen molar-refractivity contribution >= 4 is 11.6 Å². The molecular weight excluding hydrogens is 166 g/mol. The van der Waals surface area contributed by atoms with Gasteiger partial charge in [0.05, 0.1) is 19.3 Å². The summed E-state index contributed by atoms with van der Waals surface area (Å²) in [5.41, 5.74) is -0.265. The second kappa shape index (κ2) is 4.26. The lowest BCUT2D eigenvalue weighted by Crippen LogP contribution is -2.45. The van der Waals surface area contributed by atoms with E-state index in [2.05, 4.69) is 0 Å². The lowest BCUT2D eigenvalue weighted by molar-refractivity contribution is 0.00653. The summed E-state index contributed by atoms with van der Waals surface area (Å²) in [5.74, 6) is 0. The highest BCUT2D eigenvalue weighted by molar-refractivity contribution is 6.20. The van der Waals surface area contributed by atoms with Crippen molar-refractivity contribution < 1.29 is 9.84 Å². The number of halogens is 1. The van der Waals surface area contributed by atoms with Crippen LogP contribution in [0.1, 0.15) is 6.92 Å². The van der Waals surface area contributed by atoms with E-state index < -0.39 is 6.10 Å². The number of nitrogens with zero attached hydrogens (tertiary/aromatic N) is 1. The molecule has 11 heavy (non-hydrogen) atoms. The number of aliphatic hydroxyl groups excluding tert-OH is 1. The zero-order chi connectivity index (χ0) is 8.27. The second-order valence-electron chi connectivity index (χ2n) is 2.76. The van der Waals surface area contributed by atoms with Gasteiger partial charge in [0, 0.05) is 13.1 Å². The van der Waals surface area contributed by atoms with Crippen molar-refractivity contribution in [2.45, 2.75) is 18.5 Å². The van der Waals surface area contributed by atoms with Gasteiger partial charge >= 0.3 is 0 Å². The first-order chi connectivity index (χ1) is 5.22. The Morgan fingerprint density at radius 1 is 1.45 bits per heavy atom. The van der Waals surface area contributed by atoms with Gasteiger partial charge in [0.1, 0.15) is 5.50 Å². The molecule has 0 spiro atoms. The molecule has 0 aromatic carbocycles. The van der Waals surface area contributed by atoms with Crippen molar-refractivity contribution in [2.75, 3.05) is 26.3 Å². The number of hydrogen-bond donors (Lipinski definition) is 1. The summed E-state index contributed by atoms with van der Waals surface area (Å²) in [5, 5.41) is 9.16. The summed E-state index contributed by atoms with van der Waals surface area (Å²) in [4.78, 5) is 2.02. The first-order valence-electron chi connectivity index (χ1n) is 3.86. The van der Waals surface area contributed by atoms with Crippen LogP contribution in [0.3, 0.4) is 0 Å². The molecule has 1 rings (SSSR count). The molecule has 0 aliphatic carbocycles. The zero-order valence-electron chi connectivity index (χ0n) is 6.66. The molecule has 2 unspecified atom stereocenters. The number of hydrogen-bond acceptors (Lipinski definition) is 3. The molecule has 1 saturated heterocycles. The van der Waals surface area contributed by atoms with Crippen molar-refractivity contribution in [1.29, 1.82) is 0 Å². The van der Waals surface area contributed by atoms with Crippen LogP contribution in [0, 0.1) is 0 Å². The summed E-state index contributed by atoms with van der Waals surface area (Å²) in [6.07, 6.45) is -0.477. The standard InChI is InChI=1S/C7H14ClNO2/c1-6(10)7(8)9-2-4-11-5-3-9/h6-7,10H,2-5H2,1H3. The van der Waals surface area contributed by atoms with Gasteiger partial charge in [-0.15, -0.1) is 11.6 Å². The third-order valence-electron chi connectivity index (χ3n) is 1.79. The van der Waals surface area contributed by atoms with Gasteiger partial charge in [0.15, 0.2) is 0 Å². The summed E-state index contributed by atoms with van der Waals surface area (Å²) in [6, 6.07) is 0. The van der Waals surface area contributed by atoms with Crippen LogP contribution < -0.4 is 0 Å². The molecule has 0 aromatic heterocycles. The van der Waals surface area contributed by atoms with E-state index in [0.29, 0.717) is 0 Å². The Hall–Kier alpha value is 0.170. The maximum atomic E-state index is 9.16. The monoisotopic (exact) mass is 179 g/mol. The highest BCUT2D eigenvalue weighted by atomic mass is 35.5. The Labute approximate surface area is 71.9 Å². The van der Waals surface area contributed by atoms with E-state index in [1.54, 1.807) is 6.92 Å². The normalized spacial score (nSPS) is 26.5. The molecule has 0 amide bonds. The first-order valence-corrected chi connectivity index (χ1v) is 4.29. The van der Waals surface area contributed by atoms with Crippen LogP contribution in [0.4, 0.5) is 0 Å². The first kappa shape index (κ1) is 9.26. The van der Waals surface area contributed by atoms with E-state index in [4.69, 9.17) is 21.4 Å². The van der Waals surface area contributed by atoms with Gasteiger partial charge in [-0.25, -0.2) is 0 Å². The van der Waals surface area contributed by atoms with E-state index in [1.807, 2.05) is 4.90 Å². The van der Waals surface area contributed by atoms with E-state index in [0.717, 1.165) is 26.3 Å². The minimum atomic E-state index is -0.477. The fourth-order valence-electron chi connectivity index (χ4n) is 1.13. The predicted molar refractivity (Wildman–Crippen MR) is 43.7 cm³/mol. The van der Waals surface area contributed by atoms with Crippen molar-refractivity contribution in [3.63, 3.8) is 0 Å². The number of morpholine rings is 1. The molecule has 66 valence electrons. The Bertz CT molecular complexity index is 115. The minimum absolute atomic E-state index is 0.265. The lowest BCUT2D eigenvalue weighted by Gasteiger charge is -2.31. The fourth-order valence-corrected chi connectivity index (χ4v) is 1.32. The highest BCUT2D eigenvalue weighted by Crippen LogP contribution is 2.11. The topological polar surface area (TPSA) is 32.7 Å². The molecule has 0 radical (unpaired) electrons. The molecule has 3 nitrogen and oxygen atoms in total. The Balaban J connectivity index is 2.32. The third-order valence-corrected chi connectivity index (χ3v) is 2.43. The van der Waals surface area contributed by atoms with Crippen molar-refractivity contribution in [3.8, 4) is 0 Å². The molecule has 1 N–H and O–H groups in total. The summed E-state index contributed by atoms with van der Waals surface area (Å²) >= 11 is 5.91. The van der Waals surface area contributed by atoms with Crippen LogP contribution in [-0.2, 0) is 4.74 Å². The zero-order valence-corrected chi connectivity index (χ0v) is 7.42. The quantitative estimate of drug-likeness (QED) is 0.488. The van der Waals surface area contributed by atoms with Crippen molar-refractivity contribution in [2.24, 2.45) is 0 Å². The minimum Gasteiger partial charge on any atom is -0.390 e. The van der Waals surface area contributed by atoms with Crippen LogP contribution in [0.5, 0.6) is 0 Å². The number of rotatable bonds is 2.